The van der Waals surface area contributed by atoms with Gasteiger partial charge in [-0.3, -0.25) is 9.59 Å². The fourth-order valence-corrected chi connectivity index (χ4v) is 2.90. The molecule has 6 nitrogen and oxygen atoms in total. The number of aliphatic hydroxyl groups excluding tert-OH is 1. The van der Waals surface area contributed by atoms with Crippen LogP contribution in [0.4, 0.5) is 0 Å². The highest BCUT2D eigenvalue weighted by Gasteiger charge is 2.15. The number of rotatable bonds is 6. The molecule has 2 heterocycles. The Bertz CT molecular complexity index is 562. The van der Waals surface area contributed by atoms with Crippen molar-refractivity contribution in [1.29, 1.82) is 0 Å². The van der Waals surface area contributed by atoms with E-state index in [9.17, 15) is 14.7 Å². The van der Waals surface area contributed by atoms with Crippen molar-refractivity contribution in [2.75, 3.05) is 26.2 Å². The Morgan fingerprint density at radius 2 is 2.00 bits per heavy atom. The van der Waals surface area contributed by atoms with Gasteiger partial charge in [0.1, 0.15) is 0 Å². The first-order valence-electron chi connectivity index (χ1n) is 8.49. The first kappa shape index (κ1) is 17.7. The molecule has 1 atom stereocenters. The number of nitrogens with zero attached hydrogens (tertiary/aromatic N) is 2. The zero-order chi connectivity index (χ0) is 16.7. The molecule has 1 aliphatic heterocycles. The maximum absolute atomic E-state index is 12.1. The van der Waals surface area contributed by atoms with Crippen LogP contribution in [0.2, 0.25) is 0 Å². The fourth-order valence-electron chi connectivity index (χ4n) is 2.90. The quantitative estimate of drug-likeness (QED) is 0.814. The van der Waals surface area contributed by atoms with Gasteiger partial charge in [0.25, 0.3) is 11.5 Å². The molecule has 1 saturated heterocycles. The summed E-state index contributed by atoms with van der Waals surface area (Å²) in [5, 5.41) is 12.8. The minimum absolute atomic E-state index is 0.190. The van der Waals surface area contributed by atoms with Crippen molar-refractivity contribution in [3.8, 4) is 0 Å². The number of carbonyl (C=O) groups excluding carboxylic acids is 1. The first-order valence-corrected chi connectivity index (χ1v) is 8.49. The van der Waals surface area contributed by atoms with Gasteiger partial charge in [-0.1, -0.05) is 12.8 Å². The Kier molecular flexibility index (Phi) is 6.80. The predicted molar refractivity (Wildman–Crippen MR) is 89.6 cm³/mol. The highest BCUT2D eigenvalue weighted by Crippen LogP contribution is 2.09. The molecule has 1 unspecified atom stereocenters. The third kappa shape index (κ3) is 5.48. The van der Waals surface area contributed by atoms with Crippen molar-refractivity contribution < 1.29 is 9.90 Å². The van der Waals surface area contributed by atoms with Crippen molar-refractivity contribution in [2.24, 2.45) is 0 Å². The van der Waals surface area contributed by atoms with Crippen LogP contribution in [0.25, 0.3) is 0 Å². The van der Waals surface area contributed by atoms with E-state index in [1.165, 1.54) is 36.3 Å². The lowest BCUT2D eigenvalue weighted by Gasteiger charge is -2.23. The molecule has 23 heavy (non-hydrogen) atoms. The molecule has 0 spiro atoms. The van der Waals surface area contributed by atoms with Gasteiger partial charge in [0.2, 0.25) is 0 Å². The Labute approximate surface area is 137 Å². The number of pyridine rings is 1. The van der Waals surface area contributed by atoms with E-state index in [2.05, 4.69) is 10.2 Å². The zero-order valence-electron chi connectivity index (χ0n) is 13.8. The highest BCUT2D eigenvalue weighted by molar-refractivity contribution is 5.93. The second kappa shape index (κ2) is 8.84. The molecule has 6 heteroatoms. The number of amides is 1. The maximum Gasteiger partial charge on any atom is 0.251 e. The molecule has 0 bridgehead atoms. The van der Waals surface area contributed by atoms with Crippen molar-refractivity contribution >= 4 is 5.91 Å². The fraction of sp³-hybridized carbons (Fsp3) is 0.647. The van der Waals surface area contributed by atoms with Crippen LogP contribution >= 0.6 is 0 Å². The summed E-state index contributed by atoms with van der Waals surface area (Å²) >= 11 is 0. The van der Waals surface area contributed by atoms with E-state index < -0.39 is 6.10 Å². The van der Waals surface area contributed by atoms with Gasteiger partial charge in [0.15, 0.2) is 0 Å². The van der Waals surface area contributed by atoms with Gasteiger partial charge < -0.3 is 19.9 Å². The van der Waals surface area contributed by atoms with E-state index in [0.29, 0.717) is 18.7 Å². The number of likely N-dealkylation sites (tertiary alicyclic amines) is 1. The minimum Gasteiger partial charge on any atom is -0.390 e. The van der Waals surface area contributed by atoms with Crippen molar-refractivity contribution in [3.63, 3.8) is 0 Å². The van der Waals surface area contributed by atoms with Gasteiger partial charge >= 0.3 is 0 Å². The average molecular weight is 321 g/mol. The monoisotopic (exact) mass is 321 g/mol. The Morgan fingerprint density at radius 1 is 1.30 bits per heavy atom. The predicted octanol–water partition coefficient (Wildman–Crippen LogP) is 0.835. The van der Waals surface area contributed by atoms with Gasteiger partial charge in [-0.15, -0.1) is 0 Å². The van der Waals surface area contributed by atoms with Crippen LogP contribution in [0.3, 0.4) is 0 Å². The summed E-state index contributed by atoms with van der Waals surface area (Å²) in [6, 6.07) is 2.96. The Hall–Kier alpha value is -1.66. The number of aliphatic hydroxyl groups is 1. The maximum atomic E-state index is 12.1. The molecular formula is C17H27N3O3. The van der Waals surface area contributed by atoms with Crippen molar-refractivity contribution in [1.82, 2.24) is 14.8 Å². The Morgan fingerprint density at radius 3 is 2.61 bits per heavy atom. The van der Waals surface area contributed by atoms with Crippen LogP contribution in [-0.2, 0) is 6.54 Å². The van der Waals surface area contributed by atoms with E-state index >= 15 is 0 Å². The number of aromatic nitrogens is 1. The number of hydrogen-bond donors (Lipinski definition) is 2. The van der Waals surface area contributed by atoms with Crippen LogP contribution in [0.15, 0.2) is 23.1 Å². The number of aryl methyl sites for hydroxylation is 1. The van der Waals surface area contributed by atoms with Crippen LogP contribution in [0, 0.1) is 0 Å². The molecule has 0 radical (unpaired) electrons. The van der Waals surface area contributed by atoms with Gasteiger partial charge in [-0.25, -0.2) is 0 Å². The lowest BCUT2D eigenvalue weighted by Crippen LogP contribution is -2.40. The van der Waals surface area contributed by atoms with Gasteiger partial charge in [0, 0.05) is 37.5 Å². The van der Waals surface area contributed by atoms with E-state index in [-0.39, 0.29) is 18.0 Å². The third-order valence-electron chi connectivity index (χ3n) is 4.26. The largest absolute Gasteiger partial charge is 0.390 e. The van der Waals surface area contributed by atoms with E-state index in [0.717, 1.165) is 13.1 Å². The van der Waals surface area contributed by atoms with Crippen molar-refractivity contribution in [3.05, 3.63) is 34.2 Å². The van der Waals surface area contributed by atoms with Gasteiger partial charge in [-0.05, 0) is 38.9 Å². The lowest BCUT2D eigenvalue weighted by molar-refractivity contribution is 0.0862. The van der Waals surface area contributed by atoms with E-state index in [1.54, 1.807) is 12.3 Å². The van der Waals surface area contributed by atoms with Crippen LogP contribution in [0.5, 0.6) is 0 Å². The molecule has 1 aliphatic rings. The molecule has 128 valence electrons. The SMILES string of the molecule is CCn1ccc(C(=O)NCC(O)CN2CCCCCC2)cc1=O. The molecule has 1 fully saturated rings. The smallest absolute Gasteiger partial charge is 0.251 e. The number of β-amino-alcohol motifs (C(OH)–C–C–N with tert-alkyl or cyclic N) is 1. The molecule has 0 saturated carbocycles. The molecule has 1 aromatic rings. The third-order valence-corrected chi connectivity index (χ3v) is 4.26. The standard InChI is InChI=1S/C17H27N3O3/c1-2-20-10-7-14(11-16(20)22)17(23)18-12-15(21)13-19-8-5-3-4-6-9-19/h7,10-11,15,21H,2-6,8-9,12-13H2,1H3,(H,18,23). The van der Waals surface area contributed by atoms with Gasteiger partial charge in [-0.2, -0.15) is 0 Å². The van der Waals surface area contributed by atoms with Crippen LogP contribution in [-0.4, -0.2) is 52.8 Å². The number of hydrogen-bond acceptors (Lipinski definition) is 4. The summed E-state index contributed by atoms with van der Waals surface area (Å²) in [6.45, 7) is 5.26. The normalized spacial score (nSPS) is 17.5. The topological polar surface area (TPSA) is 74.6 Å². The Balaban J connectivity index is 1.81. The molecule has 1 amide bonds. The van der Waals surface area contributed by atoms with Crippen LogP contribution < -0.4 is 10.9 Å². The van der Waals surface area contributed by atoms with E-state index in [4.69, 9.17) is 0 Å². The molecular weight excluding hydrogens is 294 g/mol. The zero-order valence-corrected chi connectivity index (χ0v) is 13.8. The van der Waals surface area contributed by atoms with Crippen molar-refractivity contribution in [2.45, 2.75) is 45.3 Å². The number of carbonyl (C=O) groups is 1. The highest BCUT2D eigenvalue weighted by atomic mass is 16.3. The molecule has 0 aromatic carbocycles. The second-order valence-electron chi connectivity index (χ2n) is 6.12. The summed E-state index contributed by atoms with van der Waals surface area (Å²) in [6.07, 6.45) is 5.89. The minimum atomic E-state index is -0.590. The number of nitrogens with one attached hydrogen (secondary N) is 1. The summed E-state index contributed by atoms with van der Waals surface area (Å²) in [5.41, 5.74) is 0.145. The first-order chi connectivity index (χ1) is 11.1. The van der Waals surface area contributed by atoms with E-state index in [1.807, 2.05) is 6.92 Å². The molecule has 1 aromatic heterocycles. The summed E-state index contributed by atoms with van der Waals surface area (Å²) in [5.74, 6) is -0.319. The van der Waals surface area contributed by atoms with Crippen LogP contribution in [0.1, 0.15) is 43.0 Å². The molecule has 2 rings (SSSR count). The second-order valence-corrected chi connectivity index (χ2v) is 6.12. The summed E-state index contributed by atoms with van der Waals surface area (Å²) in [4.78, 5) is 26.1. The summed E-state index contributed by atoms with van der Waals surface area (Å²) < 4.78 is 1.53. The molecule has 2 N–H and O–H groups in total. The van der Waals surface area contributed by atoms with Gasteiger partial charge in [0.05, 0.1) is 6.10 Å². The lowest BCUT2D eigenvalue weighted by atomic mass is 10.2. The molecule has 0 aliphatic carbocycles. The summed E-state index contributed by atoms with van der Waals surface area (Å²) in [7, 11) is 0. The average Bonchev–Trinajstić information content (AvgIpc) is 2.81.